The normalized spacial score (nSPS) is 12.9. The molecule has 0 saturated carbocycles. The summed E-state index contributed by atoms with van der Waals surface area (Å²) in [6.07, 6.45) is 0. The molecule has 2 N–H and O–H groups in total. The summed E-state index contributed by atoms with van der Waals surface area (Å²) in [6.45, 7) is 4.15. The second kappa shape index (κ2) is 7.37. The summed E-state index contributed by atoms with van der Waals surface area (Å²) < 4.78 is 31.3. The van der Waals surface area contributed by atoms with Crippen LogP contribution in [0, 0.1) is 0 Å². The SMILES string of the molecule is CCOC(=O)c1ccc(S(=O)(=O)NCC(C)NC)cc1. The highest BCUT2D eigenvalue weighted by Crippen LogP contribution is 2.11. The third-order valence-electron chi connectivity index (χ3n) is 2.75. The summed E-state index contributed by atoms with van der Waals surface area (Å²) in [6, 6.07) is 5.68. The molecular formula is C13H20N2O4S. The van der Waals surface area contributed by atoms with E-state index in [-0.39, 0.29) is 17.5 Å². The maximum Gasteiger partial charge on any atom is 0.338 e. The maximum absolute atomic E-state index is 12.0. The van der Waals surface area contributed by atoms with Gasteiger partial charge in [0.2, 0.25) is 10.0 Å². The molecule has 6 nitrogen and oxygen atoms in total. The minimum atomic E-state index is -3.56. The van der Waals surface area contributed by atoms with E-state index in [1.54, 1.807) is 14.0 Å². The number of nitrogens with one attached hydrogen (secondary N) is 2. The highest BCUT2D eigenvalue weighted by molar-refractivity contribution is 7.89. The van der Waals surface area contributed by atoms with E-state index >= 15 is 0 Å². The number of ether oxygens (including phenoxy) is 1. The summed E-state index contributed by atoms with van der Waals surface area (Å²) in [5.41, 5.74) is 0.328. The van der Waals surface area contributed by atoms with E-state index < -0.39 is 16.0 Å². The Hall–Kier alpha value is -1.44. The fourth-order valence-corrected chi connectivity index (χ4v) is 2.54. The zero-order valence-corrected chi connectivity index (χ0v) is 12.7. The average molecular weight is 300 g/mol. The first kappa shape index (κ1) is 16.6. The lowest BCUT2D eigenvalue weighted by Gasteiger charge is -2.12. The molecule has 1 aromatic rings. The van der Waals surface area contributed by atoms with Crippen molar-refractivity contribution in [3.8, 4) is 0 Å². The van der Waals surface area contributed by atoms with Gasteiger partial charge in [0, 0.05) is 12.6 Å². The van der Waals surface area contributed by atoms with Crippen LogP contribution in [0.25, 0.3) is 0 Å². The molecule has 0 bridgehead atoms. The van der Waals surface area contributed by atoms with Crippen LogP contribution in [-0.2, 0) is 14.8 Å². The Kier molecular flexibility index (Phi) is 6.12. The van der Waals surface area contributed by atoms with E-state index in [9.17, 15) is 13.2 Å². The lowest BCUT2D eigenvalue weighted by molar-refractivity contribution is 0.0526. The zero-order valence-electron chi connectivity index (χ0n) is 11.8. The first-order chi connectivity index (χ1) is 9.40. The van der Waals surface area contributed by atoms with Crippen molar-refractivity contribution in [2.75, 3.05) is 20.2 Å². The highest BCUT2D eigenvalue weighted by atomic mass is 32.2. The molecule has 0 spiro atoms. The van der Waals surface area contributed by atoms with Gasteiger partial charge in [-0.2, -0.15) is 0 Å². The van der Waals surface area contributed by atoms with Gasteiger partial charge in [-0.1, -0.05) is 0 Å². The Morgan fingerprint density at radius 2 is 1.90 bits per heavy atom. The van der Waals surface area contributed by atoms with Crippen molar-refractivity contribution in [1.29, 1.82) is 0 Å². The van der Waals surface area contributed by atoms with Crippen LogP contribution < -0.4 is 10.0 Å². The van der Waals surface area contributed by atoms with Crippen LogP contribution in [-0.4, -0.2) is 40.6 Å². The number of rotatable bonds is 7. The molecule has 1 rings (SSSR count). The maximum atomic E-state index is 12.0. The van der Waals surface area contributed by atoms with Gasteiger partial charge in [-0.05, 0) is 45.2 Å². The number of carbonyl (C=O) groups excluding carboxylic acids is 1. The van der Waals surface area contributed by atoms with Gasteiger partial charge in [-0.3, -0.25) is 0 Å². The summed E-state index contributed by atoms with van der Waals surface area (Å²) in [5.74, 6) is -0.465. The fourth-order valence-electron chi connectivity index (χ4n) is 1.40. The monoisotopic (exact) mass is 300 g/mol. The second-order valence-corrected chi connectivity index (χ2v) is 6.05. The number of hydrogen-bond donors (Lipinski definition) is 2. The van der Waals surface area contributed by atoms with Gasteiger partial charge in [-0.15, -0.1) is 0 Å². The van der Waals surface area contributed by atoms with Crippen LogP contribution in [0.5, 0.6) is 0 Å². The summed E-state index contributed by atoms with van der Waals surface area (Å²) in [7, 11) is -1.81. The smallest absolute Gasteiger partial charge is 0.338 e. The van der Waals surface area contributed by atoms with Crippen LogP contribution in [0.15, 0.2) is 29.2 Å². The topological polar surface area (TPSA) is 84.5 Å². The molecule has 0 aromatic heterocycles. The molecule has 0 fully saturated rings. The van der Waals surface area contributed by atoms with Gasteiger partial charge in [0.25, 0.3) is 0 Å². The molecule has 0 saturated heterocycles. The first-order valence-corrected chi connectivity index (χ1v) is 7.83. The summed E-state index contributed by atoms with van der Waals surface area (Å²) in [4.78, 5) is 11.6. The van der Waals surface area contributed by atoms with Crippen LogP contribution >= 0.6 is 0 Å². The van der Waals surface area contributed by atoms with Gasteiger partial charge in [-0.25, -0.2) is 17.9 Å². The second-order valence-electron chi connectivity index (χ2n) is 4.29. The van der Waals surface area contributed by atoms with Crippen molar-refractivity contribution in [3.05, 3.63) is 29.8 Å². The summed E-state index contributed by atoms with van der Waals surface area (Å²) in [5, 5.41) is 2.94. The molecule has 0 amide bonds. The van der Waals surface area contributed by atoms with Crippen LogP contribution in [0.3, 0.4) is 0 Å². The van der Waals surface area contributed by atoms with E-state index in [1.165, 1.54) is 24.3 Å². The Bertz CT molecular complexity index is 540. The predicted octanol–water partition coefficient (Wildman–Crippen LogP) is 0.750. The molecular weight excluding hydrogens is 280 g/mol. The van der Waals surface area contributed by atoms with Crippen molar-refractivity contribution < 1.29 is 17.9 Å². The minimum absolute atomic E-state index is 0.0311. The third-order valence-corrected chi connectivity index (χ3v) is 4.19. The van der Waals surface area contributed by atoms with Gasteiger partial charge < -0.3 is 10.1 Å². The minimum Gasteiger partial charge on any atom is -0.462 e. The number of esters is 1. The fraction of sp³-hybridized carbons (Fsp3) is 0.462. The van der Waals surface area contributed by atoms with Gasteiger partial charge in [0.15, 0.2) is 0 Å². The summed E-state index contributed by atoms with van der Waals surface area (Å²) >= 11 is 0. The van der Waals surface area contributed by atoms with Crippen LogP contribution in [0.4, 0.5) is 0 Å². The van der Waals surface area contributed by atoms with Crippen LogP contribution in [0.2, 0.25) is 0 Å². The molecule has 20 heavy (non-hydrogen) atoms. The predicted molar refractivity (Wildman–Crippen MR) is 76.1 cm³/mol. The largest absolute Gasteiger partial charge is 0.462 e. The molecule has 1 aromatic carbocycles. The molecule has 0 aliphatic rings. The number of likely N-dealkylation sites (N-methyl/N-ethyl adjacent to an activating group) is 1. The van der Waals surface area contributed by atoms with Crippen molar-refractivity contribution >= 4 is 16.0 Å². The first-order valence-electron chi connectivity index (χ1n) is 6.34. The lowest BCUT2D eigenvalue weighted by Crippen LogP contribution is -2.37. The zero-order chi connectivity index (χ0) is 15.2. The van der Waals surface area contributed by atoms with E-state index in [4.69, 9.17) is 4.74 Å². The Morgan fingerprint density at radius 3 is 2.40 bits per heavy atom. The molecule has 7 heteroatoms. The standard InChI is InChI=1S/C13H20N2O4S/c1-4-19-13(16)11-5-7-12(8-6-11)20(17,18)15-9-10(2)14-3/h5-8,10,14-15H,4,9H2,1-3H3. The van der Waals surface area contributed by atoms with Gasteiger partial charge in [0.1, 0.15) is 0 Å². The Balaban J connectivity index is 2.79. The number of benzene rings is 1. The molecule has 1 atom stereocenters. The number of carbonyl (C=O) groups is 1. The van der Waals surface area contributed by atoms with Crippen molar-refractivity contribution in [2.45, 2.75) is 24.8 Å². The number of sulfonamides is 1. The molecule has 0 heterocycles. The van der Waals surface area contributed by atoms with Crippen molar-refractivity contribution in [2.24, 2.45) is 0 Å². The van der Waals surface area contributed by atoms with E-state index in [2.05, 4.69) is 10.0 Å². The van der Waals surface area contributed by atoms with E-state index in [0.717, 1.165) is 0 Å². The lowest BCUT2D eigenvalue weighted by atomic mass is 10.2. The molecule has 0 aliphatic carbocycles. The highest BCUT2D eigenvalue weighted by Gasteiger charge is 2.15. The van der Waals surface area contributed by atoms with Gasteiger partial charge in [0.05, 0.1) is 17.1 Å². The van der Waals surface area contributed by atoms with Crippen molar-refractivity contribution in [3.63, 3.8) is 0 Å². The average Bonchev–Trinajstić information content (AvgIpc) is 2.45. The quantitative estimate of drug-likeness (QED) is 0.726. The van der Waals surface area contributed by atoms with Crippen LogP contribution in [0.1, 0.15) is 24.2 Å². The molecule has 0 radical (unpaired) electrons. The Morgan fingerprint density at radius 1 is 1.30 bits per heavy atom. The number of hydrogen-bond acceptors (Lipinski definition) is 5. The molecule has 0 aliphatic heterocycles. The van der Waals surface area contributed by atoms with E-state index in [0.29, 0.717) is 12.1 Å². The van der Waals surface area contributed by atoms with Crippen molar-refractivity contribution in [1.82, 2.24) is 10.0 Å². The molecule has 1 unspecified atom stereocenters. The third kappa shape index (κ3) is 4.59. The molecule has 112 valence electrons. The van der Waals surface area contributed by atoms with Gasteiger partial charge >= 0.3 is 5.97 Å². The van der Waals surface area contributed by atoms with E-state index in [1.807, 2.05) is 6.92 Å². The Labute approximate surface area is 119 Å².